The lowest BCUT2D eigenvalue weighted by atomic mass is 9.74. The van der Waals surface area contributed by atoms with Crippen LogP contribution in [0.2, 0.25) is 0 Å². The fourth-order valence-corrected chi connectivity index (χ4v) is 5.14. The Morgan fingerprint density at radius 3 is 2.50 bits per heavy atom. The number of carbonyl (C=O) groups excluding carboxylic acids is 1. The maximum atomic E-state index is 12.7. The molecule has 0 aromatic heterocycles. The topological polar surface area (TPSA) is 29.1 Å². The molecule has 0 saturated carbocycles. The van der Waals surface area contributed by atoms with Crippen LogP contribution in [-0.2, 0) is 11.8 Å². The van der Waals surface area contributed by atoms with Gasteiger partial charge in [-0.25, -0.2) is 4.39 Å². The second-order valence-electron chi connectivity index (χ2n) is 9.98. The quantitative estimate of drug-likeness (QED) is 0.453. The number of hydrogen-bond acceptors (Lipinski definition) is 2. The van der Waals surface area contributed by atoms with E-state index in [1.165, 1.54) is 69.8 Å². The summed E-state index contributed by atoms with van der Waals surface area (Å²) in [6.07, 6.45) is 17.1. The summed E-state index contributed by atoms with van der Waals surface area (Å²) < 4.78 is 12.7. The minimum Gasteiger partial charge on any atom is -0.359 e. The van der Waals surface area contributed by atoms with Crippen molar-refractivity contribution >= 4 is 17.9 Å². The summed E-state index contributed by atoms with van der Waals surface area (Å²) in [7, 11) is 0. The molecule has 0 amide bonds. The van der Waals surface area contributed by atoms with Gasteiger partial charge in [0.15, 0.2) is 0 Å². The van der Waals surface area contributed by atoms with E-state index in [-0.39, 0.29) is 11.6 Å². The molecule has 3 aromatic rings. The van der Waals surface area contributed by atoms with Crippen molar-refractivity contribution < 1.29 is 9.18 Å². The standard InChI is InChI=1S/C20H20.C13H10FNO/c1-20(2)13-5-8-18-17-10-9-14-6-3-4-7-15(14)16(17)11-12-19(18)20;14-11-7-5-10(6-8-11)13(16)12-4-2-1-3-9-15-12/h3-4,6-8,10-12H,5,9,13H2,1-2H3;1-9,15H. The number of halogens is 1. The van der Waals surface area contributed by atoms with Crippen molar-refractivity contribution in [2.45, 2.75) is 38.5 Å². The van der Waals surface area contributed by atoms with Crippen molar-refractivity contribution in [1.29, 1.82) is 0 Å². The summed E-state index contributed by atoms with van der Waals surface area (Å²) in [5.74, 6) is -0.504. The molecule has 0 saturated heterocycles. The Balaban J connectivity index is 0.000000152. The Bertz CT molecular complexity index is 1520. The summed E-state index contributed by atoms with van der Waals surface area (Å²) in [5, 5.41) is 5.83. The van der Waals surface area contributed by atoms with Gasteiger partial charge < -0.3 is 5.32 Å². The molecule has 0 unspecified atom stereocenters. The molecule has 0 radical (unpaired) electrons. The predicted octanol–water partition coefficient (Wildman–Crippen LogP) is 6.11. The summed E-state index contributed by atoms with van der Waals surface area (Å²) in [6.45, 7) is 4.75. The SMILES string of the molecule is CC1(C)CCC=c2c1ccc1c2=CCc2ccccc2-1.O=C(C1=CC=CC=CN1)c1ccc(F)cc1. The number of benzene rings is 3. The fourth-order valence-electron chi connectivity index (χ4n) is 5.14. The Labute approximate surface area is 211 Å². The normalized spacial score (nSPS) is 16.2. The van der Waals surface area contributed by atoms with Gasteiger partial charge in [0.25, 0.3) is 0 Å². The van der Waals surface area contributed by atoms with Gasteiger partial charge in [-0.3, -0.25) is 4.79 Å². The van der Waals surface area contributed by atoms with E-state index in [0.29, 0.717) is 16.7 Å². The molecule has 3 aliphatic rings. The van der Waals surface area contributed by atoms with Crippen LogP contribution in [0.25, 0.3) is 23.3 Å². The van der Waals surface area contributed by atoms with E-state index in [2.05, 4.69) is 67.7 Å². The predicted molar refractivity (Wildman–Crippen MR) is 146 cm³/mol. The highest BCUT2D eigenvalue weighted by Crippen LogP contribution is 2.31. The van der Waals surface area contributed by atoms with Crippen LogP contribution in [0.3, 0.4) is 0 Å². The van der Waals surface area contributed by atoms with Crippen molar-refractivity contribution in [3.8, 4) is 11.1 Å². The largest absolute Gasteiger partial charge is 0.359 e. The van der Waals surface area contributed by atoms with E-state index in [1.807, 2.05) is 6.08 Å². The molecule has 36 heavy (non-hydrogen) atoms. The minimum atomic E-state index is -0.348. The maximum absolute atomic E-state index is 12.7. The zero-order valence-corrected chi connectivity index (χ0v) is 20.7. The van der Waals surface area contributed by atoms with Crippen molar-refractivity contribution in [3.63, 3.8) is 0 Å². The summed E-state index contributed by atoms with van der Waals surface area (Å²) in [6, 6.07) is 19.0. The molecule has 0 bridgehead atoms. The summed E-state index contributed by atoms with van der Waals surface area (Å²) in [5.41, 5.74) is 7.06. The van der Waals surface area contributed by atoms with Gasteiger partial charge in [-0.15, -0.1) is 0 Å². The van der Waals surface area contributed by atoms with Gasteiger partial charge in [-0.2, -0.15) is 0 Å². The number of rotatable bonds is 2. The van der Waals surface area contributed by atoms with Crippen molar-refractivity contribution in [2.75, 3.05) is 0 Å². The molecule has 0 fully saturated rings. The molecule has 0 atom stereocenters. The first-order valence-electron chi connectivity index (χ1n) is 12.5. The Morgan fingerprint density at radius 2 is 1.67 bits per heavy atom. The van der Waals surface area contributed by atoms with E-state index in [9.17, 15) is 9.18 Å². The third-order valence-corrected chi connectivity index (χ3v) is 7.14. The van der Waals surface area contributed by atoms with Gasteiger partial charge in [0.2, 0.25) is 5.78 Å². The number of nitrogens with one attached hydrogen (secondary N) is 1. The highest BCUT2D eigenvalue weighted by Gasteiger charge is 2.25. The van der Waals surface area contributed by atoms with Crippen molar-refractivity contribution in [1.82, 2.24) is 5.32 Å². The van der Waals surface area contributed by atoms with Crippen molar-refractivity contribution in [2.24, 2.45) is 0 Å². The Hall–Kier alpha value is -3.98. The maximum Gasteiger partial charge on any atom is 0.209 e. The van der Waals surface area contributed by atoms with E-state index in [4.69, 9.17) is 0 Å². The zero-order chi connectivity index (χ0) is 25.1. The highest BCUT2D eigenvalue weighted by molar-refractivity contribution is 6.08. The van der Waals surface area contributed by atoms with Crippen LogP contribution in [-0.4, -0.2) is 5.78 Å². The van der Waals surface area contributed by atoms with Crippen LogP contribution in [0.1, 0.15) is 48.2 Å². The number of hydrogen-bond donors (Lipinski definition) is 1. The fraction of sp³-hybridized carbons (Fsp3) is 0.182. The molecule has 3 heteroatoms. The van der Waals surface area contributed by atoms with E-state index in [1.54, 1.807) is 24.4 Å². The number of ketones is 1. The van der Waals surface area contributed by atoms with Crippen LogP contribution in [0.4, 0.5) is 4.39 Å². The van der Waals surface area contributed by atoms with Crippen LogP contribution in [0.15, 0.2) is 96.9 Å². The monoisotopic (exact) mass is 475 g/mol. The van der Waals surface area contributed by atoms with Crippen LogP contribution < -0.4 is 15.8 Å². The van der Waals surface area contributed by atoms with Crippen molar-refractivity contribution in [3.05, 3.63) is 130 Å². The molecule has 1 N–H and O–H groups in total. The van der Waals surface area contributed by atoms with Gasteiger partial charge >= 0.3 is 0 Å². The molecule has 1 aliphatic heterocycles. The molecular formula is C33H30FNO. The first kappa shape index (κ1) is 23.7. The minimum absolute atomic E-state index is 0.156. The smallest absolute Gasteiger partial charge is 0.209 e. The Kier molecular flexibility index (Phi) is 6.56. The lowest BCUT2D eigenvalue weighted by Gasteiger charge is -2.30. The molecule has 6 rings (SSSR count). The average Bonchev–Trinajstić information content (AvgIpc) is 3.18. The number of fused-ring (bicyclic) bond motifs is 5. The van der Waals surface area contributed by atoms with Gasteiger partial charge in [-0.1, -0.05) is 74.5 Å². The number of carbonyl (C=O) groups is 1. The van der Waals surface area contributed by atoms with Gasteiger partial charge in [0.1, 0.15) is 5.82 Å². The second-order valence-corrected chi connectivity index (χ2v) is 9.98. The first-order chi connectivity index (χ1) is 17.4. The molecule has 3 aromatic carbocycles. The summed E-state index contributed by atoms with van der Waals surface area (Å²) in [4.78, 5) is 11.9. The average molecular weight is 476 g/mol. The van der Waals surface area contributed by atoms with Gasteiger partial charge in [0.05, 0.1) is 5.70 Å². The molecule has 2 nitrogen and oxygen atoms in total. The molecule has 2 aliphatic carbocycles. The third kappa shape index (κ3) is 4.74. The lowest BCUT2D eigenvalue weighted by molar-refractivity contribution is 0.102. The molecule has 1 heterocycles. The summed E-state index contributed by atoms with van der Waals surface area (Å²) >= 11 is 0. The zero-order valence-electron chi connectivity index (χ0n) is 20.7. The van der Waals surface area contributed by atoms with E-state index < -0.39 is 0 Å². The van der Waals surface area contributed by atoms with E-state index >= 15 is 0 Å². The third-order valence-electron chi connectivity index (χ3n) is 7.14. The van der Waals surface area contributed by atoms with Crippen LogP contribution in [0, 0.1) is 5.82 Å². The lowest BCUT2D eigenvalue weighted by Crippen LogP contribution is -2.40. The van der Waals surface area contributed by atoms with Crippen LogP contribution in [0.5, 0.6) is 0 Å². The second kappa shape index (κ2) is 9.94. The van der Waals surface area contributed by atoms with Gasteiger partial charge in [0, 0.05) is 11.8 Å². The molecule has 0 spiro atoms. The Morgan fingerprint density at radius 1 is 0.861 bits per heavy atom. The van der Waals surface area contributed by atoms with Crippen LogP contribution >= 0.6 is 0 Å². The highest BCUT2D eigenvalue weighted by atomic mass is 19.1. The molecular weight excluding hydrogens is 445 g/mol. The number of allylic oxidation sites excluding steroid dienone is 5. The van der Waals surface area contributed by atoms with E-state index in [0.717, 1.165) is 6.42 Å². The van der Waals surface area contributed by atoms with Gasteiger partial charge in [-0.05, 0) is 93.8 Å². The first-order valence-corrected chi connectivity index (χ1v) is 12.5. The number of Topliss-reactive ketones (excluding diaryl/α,β-unsaturated/α-hetero) is 1. The molecule has 180 valence electrons.